The zero-order valence-corrected chi connectivity index (χ0v) is 16.1. The van der Waals surface area contributed by atoms with Crippen molar-refractivity contribution in [2.24, 2.45) is 0 Å². The van der Waals surface area contributed by atoms with Gasteiger partial charge in [-0.25, -0.2) is 0 Å². The highest BCUT2D eigenvalue weighted by atomic mass is 16.5. The van der Waals surface area contributed by atoms with Crippen LogP contribution in [0.3, 0.4) is 0 Å². The molecule has 8 heteroatoms. The number of hydrogen-bond acceptors (Lipinski definition) is 6. The van der Waals surface area contributed by atoms with Crippen LogP contribution < -0.4 is 0 Å². The van der Waals surface area contributed by atoms with Crippen LogP contribution in [0, 0.1) is 6.92 Å². The highest BCUT2D eigenvalue weighted by Gasteiger charge is 2.44. The Hall–Kier alpha value is -2.74. The predicted molar refractivity (Wildman–Crippen MR) is 99.3 cm³/mol. The lowest BCUT2D eigenvalue weighted by Crippen LogP contribution is -2.49. The Kier molecular flexibility index (Phi) is 5.13. The molecule has 2 aromatic rings. The van der Waals surface area contributed by atoms with E-state index in [1.165, 1.54) is 6.26 Å². The van der Waals surface area contributed by atoms with E-state index in [9.17, 15) is 9.59 Å². The summed E-state index contributed by atoms with van der Waals surface area (Å²) in [4.78, 5) is 33.4. The minimum atomic E-state index is -0.470. The fourth-order valence-corrected chi connectivity index (χ4v) is 4.07. The molecule has 0 saturated carbocycles. The zero-order chi connectivity index (χ0) is 19.7. The highest BCUT2D eigenvalue weighted by Crippen LogP contribution is 2.33. The molecule has 148 valence electrons. The minimum Gasteiger partial charge on any atom is -0.364 e. The third-order valence-corrected chi connectivity index (χ3v) is 5.57. The van der Waals surface area contributed by atoms with Crippen LogP contribution in [0.4, 0.5) is 0 Å². The first kappa shape index (κ1) is 18.6. The first-order valence-corrected chi connectivity index (χ1v) is 9.57. The number of aromatic nitrogens is 2. The first-order chi connectivity index (χ1) is 13.5. The Morgan fingerprint density at radius 1 is 1.29 bits per heavy atom. The number of carbonyl (C=O) groups is 2. The van der Waals surface area contributed by atoms with Crippen molar-refractivity contribution in [1.82, 2.24) is 19.9 Å². The van der Waals surface area contributed by atoms with Crippen LogP contribution >= 0.6 is 0 Å². The van der Waals surface area contributed by atoms with Gasteiger partial charge in [-0.15, -0.1) is 0 Å². The van der Waals surface area contributed by atoms with E-state index in [4.69, 9.17) is 9.26 Å². The molecule has 0 unspecified atom stereocenters. The van der Waals surface area contributed by atoms with E-state index < -0.39 is 6.10 Å². The maximum absolute atomic E-state index is 12.8. The van der Waals surface area contributed by atoms with Gasteiger partial charge in [0.1, 0.15) is 17.9 Å². The average Bonchev–Trinajstić information content (AvgIpc) is 3.33. The second-order valence-corrected chi connectivity index (χ2v) is 7.42. The molecule has 4 heterocycles. The summed E-state index contributed by atoms with van der Waals surface area (Å²) in [7, 11) is 1.77. The molecule has 3 atom stereocenters. The molecule has 4 rings (SSSR count). The van der Waals surface area contributed by atoms with Gasteiger partial charge in [0.25, 0.3) is 11.8 Å². The maximum atomic E-state index is 12.8. The van der Waals surface area contributed by atoms with Gasteiger partial charge in [0, 0.05) is 19.8 Å². The van der Waals surface area contributed by atoms with Gasteiger partial charge in [0.05, 0.1) is 30.1 Å². The molecule has 0 aromatic carbocycles. The molecule has 2 aromatic heterocycles. The number of likely N-dealkylation sites (N-methyl/N-ethyl adjacent to an activating group) is 1. The van der Waals surface area contributed by atoms with Gasteiger partial charge >= 0.3 is 0 Å². The average molecular weight is 384 g/mol. The smallest absolute Gasteiger partial charge is 0.259 e. The fraction of sp³-hybridized carbons (Fsp3) is 0.500. The number of carbonyl (C=O) groups excluding carboxylic acids is 2. The molecule has 0 aliphatic carbocycles. The van der Waals surface area contributed by atoms with Crippen LogP contribution in [0.2, 0.25) is 0 Å². The number of aryl methyl sites for hydroxylation is 1. The summed E-state index contributed by atoms with van der Waals surface area (Å²) in [6, 6.07) is 5.65. The van der Waals surface area contributed by atoms with E-state index in [1.54, 1.807) is 25.1 Å². The van der Waals surface area contributed by atoms with E-state index in [1.807, 2.05) is 23.1 Å². The quantitative estimate of drug-likeness (QED) is 0.799. The molecule has 8 nitrogen and oxygen atoms in total. The number of fused-ring (bicyclic) bond motifs is 1. The molecular formula is C20H24N4O4. The summed E-state index contributed by atoms with van der Waals surface area (Å²) in [6.07, 6.45) is 4.60. The summed E-state index contributed by atoms with van der Waals surface area (Å²) < 4.78 is 11.0. The van der Waals surface area contributed by atoms with Crippen molar-refractivity contribution in [3.05, 3.63) is 47.6 Å². The lowest BCUT2D eigenvalue weighted by molar-refractivity contribution is -0.153. The molecular weight excluding hydrogens is 360 g/mol. The van der Waals surface area contributed by atoms with Crippen LogP contribution in [0.1, 0.15) is 41.0 Å². The van der Waals surface area contributed by atoms with Gasteiger partial charge in [-0.1, -0.05) is 11.2 Å². The highest BCUT2D eigenvalue weighted by molar-refractivity contribution is 5.95. The summed E-state index contributed by atoms with van der Waals surface area (Å²) in [5, 5.41) is 3.79. The molecule has 0 radical (unpaired) electrons. The second-order valence-electron chi connectivity index (χ2n) is 7.42. The zero-order valence-electron chi connectivity index (χ0n) is 16.1. The Balaban J connectivity index is 1.37. The maximum Gasteiger partial charge on any atom is 0.259 e. The van der Waals surface area contributed by atoms with Gasteiger partial charge < -0.3 is 19.1 Å². The lowest BCUT2D eigenvalue weighted by atomic mass is 9.98. The first-order valence-electron chi connectivity index (χ1n) is 9.57. The van der Waals surface area contributed by atoms with E-state index in [-0.39, 0.29) is 24.0 Å². The van der Waals surface area contributed by atoms with Gasteiger partial charge in [0.2, 0.25) is 0 Å². The van der Waals surface area contributed by atoms with Crippen molar-refractivity contribution in [2.75, 3.05) is 13.6 Å². The number of rotatable bonds is 4. The number of hydrogen-bond donors (Lipinski definition) is 0. The van der Waals surface area contributed by atoms with Crippen molar-refractivity contribution in [1.29, 1.82) is 0 Å². The van der Waals surface area contributed by atoms with Crippen LogP contribution in [0.15, 0.2) is 35.2 Å². The molecule has 0 spiro atoms. The van der Waals surface area contributed by atoms with Crippen molar-refractivity contribution in [2.45, 2.75) is 51.0 Å². The largest absolute Gasteiger partial charge is 0.364 e. The van der Waals surface area contributed by atoms with Crippen molar-refractivity contribution in [3.63, 3.8) is 0 Å². The van der Waals surface area contributed by atoms with E-state index in [0.717, 1.165) is 18.5 Å². The molecule has 0 bridgehead atoms. The third-order valence-electron chi connectivity index (χ3n) is 5.57. The lowest BCUT2D eigenvalue weighted by Gasteiger charge is -2.36. The number of pyridine rings is 1. The SMILES string of the molecule is Cc1nocc1C(=O)N1CC[C@H]2O[C@H](C(=O)N(C)Cc3ccccn3)CC[C@H]21. The summed E-state index contributed by atoms with van der Waals surface area (Å²) in [6.45, 7) is 2.82. The fourth-order valence-electron chi connectivity index (χ4n) is 4.07. The second kappa shape index (κ2) is 7.71. The minimum absolute atomic E-state index is 0.00746. The Labute approximate surface area is 163 Å². The molecule has 28 heavy (non-hydrogen) atoms. The van der Waals surface area contributed by atoms with Crippen molar-refractivity contribution >= 4 is 11.8 Å². The Bertz CT molecular complexity index is 853. The summed E-state index contributed by atoms with van der Waals surface area (Å²) in [5.41, 5.74) is 1.93. The van der Waals surface area contributed by atoms with Gasteiger partial charge in [-0.3, -0.25) is 14.6 Å². The Morgan fingerprint density at radius 2 is 2.14 bits per heavy atom. The molecule has 2 aliphatic heterocycles. The van der Waals surface area contributed by atoms with Gasteiger partial charge in [-0.05, 0) is 38.3 Å². The van der Waals surface area contributed by atoms with Crippen LogP contribution in [-0.2, 0) is 16.1 Å². The van der Waals surface area contributed by atoms with Gasteiger partial charge in [0.15, 0.2) is 0 Å². The number of nitrogens with zero attached hydrogens (tertiary/aromatic N) is 4. The molecule has 2 saturated heterocycles. The summed E-state index contributed by atoms with van der Waals surface area (Å²) in [5.74, 6) is -0.115. The van der Waals surface area contributed by atoms with Crippen LogP contribution in [0.5, 0.6) is 0 Å². The molecule has 2 aliphatic rings. The molecule has 2 amide bonds. The topological polar surface area (TPSA) is 88.8 Å². The van der Waals surface area contributed by atoms with Crippen molar-refractivity contribution in [3.8, 4) is 0 Å². The third kappa shape index (κ3) is 3.52. The standard InChI is InChI=1S/C20H24N4O4/c1-13-15(12-27-22-13)19(25)24-10-8-17-16(24)6-7-18(28-17)20(26)23(2)11-14-5-3-4-9-21-14/h3-5,9,12,16-18H,6-8,10-11H2,1-2H3/t16-,17-,18+/m1/s1. The Morgan fingerprint density at radius 3 is 2.86 bits per heavy atom. The normalized spacial score (nSPS) is 24.1. The van der Waals surface area contributed by atoms with Gasteiger partial charge in [-0.2, -0.15) is 0 Å². The number of amides is 2. The monoisotopic (exact) mass is 384 g/mol. The van der Waals surface area contributed by atoms with Crippen LogP contribution in [-0.4, -0.2) is 63.6 Å². The predicted octanol–water partition coefficient (Wildman–Crippen LogP) is 1.80. The number of likely N-dealkylation sites (tertiary alicyclic amines) is 1. The van der Waals surface area contributed by atoms with Crippen molar-refractivity contribution < 1.29 is 18.8 Å². The number of ether oxygens (including phenoxy) is 1. The van der Waals surface area contributed by atoms with E-state index >= 15 is 0 Å². The summed E-state index contributed by atoms with van der Waals surface area (Å²) >= 11 is 0. The van der Waals surface area contributed by atoms with E-state index in [0.29, 0.717) is 30.8 Å². The van der Waals surface area contributed by atoms with Crippen LogP contribution in [0.25, 0.3) is 0 Å². The van der Waals surface area contributed by atoms with E-state index in [2.05, 4.69) is 10.1 Å². The molecule has 0 N–H and O–H groups in total. The molecule has 2 fully saturated rings.